The molecule has 0 unspecified atom stereocenters. The van der Waals surface area contributed by atoms with Gasteiger partial charge in [-0.2, -0.15) is 0 Å². The van der Waals surface area contributed by atoms with Gasteiger partial charge in [-0.05, 0) is 36.0 Å². The Bertz CT molecular complexity index is 460. The van der Waals surface area contributed by atoms with Gasteiger partial charge < -0.3 is 4.74 Å². The lowest BCUT2D eigenvalue weighted by molar-refractivity contribution is -0.122. The van der Waals surface area contributed by atoms with Gasteiger partial charge in [0.05, 0.1) is 12.5 Å². The summed E-state index contributed by atoms with van der Waals surface area (Å²) >= 11 is 0. The summed E-state index contributed by atoms with van der Waals surface area (Å²) in [7, 11) is 1.65. The van der Waals surface area contributed by atoms with E-state index in [0.717, 1.165) is 5.76 Å². The Kier molecular flexibility index (Phi) is 3.00. The van der Waals surface area contributed by atoms with Crippen LogP contribution in [0.15, 0.2) is 35.6 Å². The Balaban J connectivity index is 2.51. The molecule has 0 aromatic carbocycles. The molecule has 2 aliphatic rings. The number of fused-ring (bicyclic) bond motifs is 1. The van der Waals surface area contributed by atoms with Crippen LogP contribution in [0, 0.1) is 16.7 Å². The largest absolute Gasteiger partial charge is 0.497 e. The van der Waals surface area contributed by atoms with Crippen molar-refractivity contribution < 1.29 is 9.53 Å². The number of carbonyl (C=O) groups is 1. The predicted molar refractivity (Wildman–Crippen MR) is 73.0 cm³/mol. The van der Waals surface area contributed by atoms with Crippen molar-refractivity contribution in [1.82, 2.24) is 0 Å². The number of rotatable bonds is 1. The van der Waals surface area contributed by atoms with E-state index in [1.54, 1.807) is 7.11 Å². The van der Waals surface area contributed by atoms with E-state index in [4.69, 9.17) is 4.74 Å². The number of allylic oxidation sites excluding steroid dienone is 5. The first kappa shape index (κ1) is 13.1. The number of methoxy groups -OCH3 is 1. The summed E-state index contributed by atoms with van der Waals surface area (Å²) in [6, 6.07) is 0. The zero-order valence-corrected chi connectivity index (χ0v) is 11.9. The third-order valence-electron chi connectivity index (χ3n) is 4.23. The van der Waals surface area contributed by atoms with Crippen LogP contribution >= 0.6 is 0 Å². The highest BCUT2D eigenvalue weighted by Crippen LogP contribution is 2.52. The standard InChI is InChI=1S/C16H22O2/c1-15(2,3)13-10-14(17)16(4)9-8-11(18-5)6-7-12(13)16/h6-9,13H,10H2,1-5H3/t13-,16+/m0/s1. The molecule has 1 saturated carbocycles. The average molecular weight is 246 g/mol. The van der Waals surface area contributed by atoms with E-state index < -0.39 is 5.41 Å². The van der Waals surface area contributed by atoms with Gasteiger partial charge in [0.25, 0.3) is 0 Å². The third-order valence-corrected chi connectivity index (χ3v) is 4.23. The maximum absolute atomic E-state index is 12.4. The highest BCUT2D eigenvalue weighted by Gasteiger charge is 2.49. The van der Waals surface area contributed by atoms with E-state index in [-0.39, 0.29) is 5.41 Å². The minimum atomic E-state index is -0.450. The Morgan fingerprint density at radius 2 is 2.00 bits per heavy atom. The first-order chi connectivity index (χ1) is 8.29. The molecule has 0 aliphatic heterocycles. The van der Waals surface area contributed by atoms with Crippen LogP contribution in [0.1, 0.15) is 34.1 Å². The SMILES string of the molecule is COC1=CC=C2[C@@H](C(C)(C)C)CC(=O)[C@]2(C)C=C1. The Hall–Kier alpha value is -1.31. The van der Waals surface area contributed by atoms with Crippen LogP contribution in [0.4, 0.5) is 0 Å². The van der Waals surface area contributed by atoms with Gasteiger partial charge >= 0.3 is 0 Å². The number of Topliss-reactive ketones (excluding diaryl/α,β-unsaturated/α-hetero) is 1. The second-order valence-corrected chi connectivity index (χ2v) is 6.48. The van der Waals surface area contributed by atoms with Gasteiger partial charge in [-0.25, -0.2) is 0 Å². The van der Waals surface area contributed by atoms with E-state index in [2.05, 4.69) is 26.8 Å². The fourth-order valence-corrected chi connectivity index (χ4v) is 2.89. The van der Waals surface area contributed by atoms with E-state index in [0.29, 0.717) is 18.1 Å². The maximum Gasteiger partial charge on any atom is 0.147 e. The first-order valence-electron chi connectivity index (χ1n) is 6.48. The van der Waals surface area contributed by atoms with Crippen molar-refractivity contribution in [3.8, 4) is 0 Å². The van der Waals surface area contributed by atoms with E-state index >= 15 is 0 Å². The normalized spacial score (nSPS) is 31.6. The fraction of sp³-hybridized carbons (Fsp3) is 0.562. The number of hydrogen-bond acceptors (Lipinski definition) is 2. The molecule has 0 spiro atoms. The Morgan fingerprint density at radius 1 is 1.33 bits per heavy atom. The molecular weight excluding hydrogens is 224 g/mol. The van der Waals surface area contributed by atoms with Crippen LogP contribution in [-0.4, -0.2) is 12.9 Å². The van der Waals surface area contributed by atoms with Crippen LogP contribution in [-0.2, 0) is 9.53 Å². The number of carbonyl (C=O) groups excluding carboxylic acids is 1. The van der Waals surface area contributed by atoms with Crippen molar-refractivity contribution in [1.29, 1.82) is 0 Å². The molecule has 1 fully saturated rings. The molecule has 0 saturated heterocycles. The quantitative estimate of drug-likeness (QED) is 0.706. The van der Waals surface area contributed by atoms with Crippen molar-refractivity contribution in [2.45, 2.75) is 34.1 Å². The van der Waals surface area contributed by atoms with Crippen LogP contribution in [0.3, 0.4) is 0 Å². The molecular formula is C16H22O2. The smallest absolute Gasteiger partial charge is 0.147 e. The monoisotopic (exact) mass is 246 g/mol. The minimum Gasteiger partial charge on any atom is -0.497 e. The van der Waals surface area contributed by atoms with Gasteiger partial charge in [-0.15, -0.1) is 0 Å². The lowest BCUT2D eigenvalue weighted by Gasteiger charge is -2.30. The fourth-order valence-electron chi connectivity index (χ4n) is 2.89. The lowest BCUT2D eigenvalue weighted by Crippen LogP contribution is -2.23. The van der Waals surface area contributed by atoms with Crippen LogP contribution in [0.2, 0.25) is 0 Å². The van der Waals surface area contributed by atoms with Crippen molar-refractivity contribution in [3.05, 3.63) is 35.6 Å². The van der Waals surface area contributed by atoms with Crippen LogP contribution in [0.5, 0.6) is 0 Å². The molecule has 2 nitrogen and oxygen atoms in total. The number of ketones is 1. The van der Waals surface area contributed by atoms with Gasteiger partial charge in [-0.1, -0.05) is 32.9 Å². The summed E-state index contributed by atoms with van der Waals surface area (Å²) in [4.78, 5) is 12.4. The zero-order valence-electron chi connectivity index (χ0n) is 11.9. The predicted octanol–water partition coefficient (Wildman–Crippen LogP) is 3.65. The van der Waals surface area contributed by atoms with Gasteiger partial charge in [-0.3, -0.25) is 4.79 Å². The van der Waals surface area contributed by atoms with E-state index in [1.165, 1.54) is 5.57 Å². The molecule has 2 aliphatic carbocycles. The molecule has 0 aromatic rings. The molecule has 2 atom stereocenters. The van der Waals surface area contributed by atoms with E-state index in [9.17, 15) is 4.79 Å². The van der Waals surface area contributed by atoms with Crippen LogP contribution < -0.4 is 0 Å². The minimum absolute atomic E-state index is 0.110. The number of ether oxygens (including phenoxy) is 1. The summed E-state index contributed by atoms with van der Waals surface area (Å²) in [6.45, 7) is 8.63. The second kappa shape index (κ2) is 4.11. The average Bonchev–Trinajstić information content (AvgIpc) is 2.45. The molecule has 98 valence electrons. The summed E-state index contributed by atoms with van der Waals surface area (Å²) in [6.07, 6.45) is 8.60. The summed E-state index contributed by atoms with van der Waals surface area (Å²) < 4.78 is 5.26. The topological polar surface area (TPSA) is 26.3 Å². The lowest BCUT2D eigenvalue weighted by atomic mass is 9.73. The van der Waals surface area contributed by atoms with Gasteiger partial charge in [0.1, 0.15) is 11.5 Å². The maximum atomic E-state index is 12.4. The molecule has 2 rings (SSSR count). The molecule has 0 amide bonds. The summed E-state index contributed by atoms with van der Waals surface area (Å²) in [5.74, 6) is 1.43. The highest BCUT2D eigenvalue weighted by molar-refractivity contribution is 5.94. The van der Waals surface area contributed by atoms with Gasteiger partial charge in [0, 0.05) is 6.42 Å². The summed E-state index contributed by atoms with van der Waals surface area (Å²) in [5, 5.41) is 0. The van der Waals surface area contributed by atoms with E-state index in [1.807, 2.05) is 25.2 Å². The van der Waals surface area contributed by atoms with Crippen molar-refractivity contribution in [3.63, 3.8) is 0 Å². The molecule has 0 heterocycles. The zero-order chi connectivity index (χ0) is 13.6. The molecule has 0 aromatic heterocycles. The van der Waals surface area contributed by atoms with Gasteiger partial charge in [0.15, 0.2) is 0 Å². The molecule has 0 bridgehead atoms. The Morgan fingerprint density at radius 3 is 2.56 bits per heavy atom. The molecule has 0 radical (unpaired) electrons. The third kappa shape index (κ3) is 1.94. The van der Waals surface area contributed by atoms with Crippen molar-refractivity contribution in [2.75, 3.05) is 7.11 Å². The van der Waals surface area contributed by atoms with Gasteiger partial charge in [0.2, 0.25) is 0 Å². The first-order valence-corrected chi connectivity index (χ1v) is 6.48. The summed E-state index contributed by atoms with van der Waals surface area (Å²) in [5.41, 5.74) is 0.885. The number of hydrogen-bond donors (Lipinski definition) is 0. The second-order valence-electron chi connectivity index (χ2n) is 6.48. The highest BCUT2D eigenvalue weighted by atomic mass is 16.5. The molecule has 0 N–H and O–H groups in total. The molecule has 18 heavy (non-hydrogen) atoms. The van der Waals surface area contributed by atoms with Crippen LogP contribution in [0.25, 0.3) is 0 Å². The van der Waals surface area contributed by atoms with Crippen molar-refractivity contribution in [2.24, 2.45) is 16.7 Å². The molecule has 2 heteroatoms. The Labute approximate surface area is 109 Å². The van der Waals surface area contributed by atoms with Crippen molar-refractivity contribution >= 4 is 5.78 Å².